The summed E-state index contributed by atoms with van der Waals surface area (Å²) >= 11 is 5.95. The van der Waals surface area contributed by atoms with E-state index in [1.165, 1.54) is 4.90 Å². The first-order valence-electron chi connectivity index (χ1n) is 10.2. The Morgan fingerprint density at radius 2 is 1.97 bits per heavy atom. The number of benzene rings is 1. The molecule has 1 amide bonds. The Bertz CT molecular complexity index is 860. The molecule has 1 aliphatic heterocycles. The molecule has 1 aromatic rings. The van der Waals surface area contributed by atoms with E-state index >= 15 is 0 Å². The molecule has 0 aromatic heterocycles. The second-order valence-electron chi connectivity index (χ2n) is 9.05. The molecule has 4 unspecified atom stereocenters. The fourth-order valence-corrected chi connectivity index (χ4v) is 4.51. The zero-order valence-corrected chi connectivity index (χ0v) is 18.2. The predicted octanol–water partition coefficient (Wildman–Crippen LogP) is 4.47. The molecular weight excluding hydrogens is 408 g/mol. The lowest BCUT2D eigenvalue weighted by molar-refractivity contribution is -0.147. The molecule has 1 aromatic carbocycles. The summed E-state index contributed by atoms with van der Waals surface area (Å²) in [5.74, 6) is -0.201. The Balaban J connectivity index is 1.70. The molecule has 1 aliphatic carbocycles. The van der Waals surface area contributed by atoms with Crippen molar-refractivity contribution in [2.24, 2.45) is 11.8 Å². The van der Waals surface area contributed by atoms with Gasteiger partial charge in [0.2, 0.25) is 0 Å². The zero-order chi connectivity index (χ0) is 22.1. The normalized spacial score (nSPS) is 26.3. The van der Waals surface area contributed by atoms with Crippen LogP contribution in [-0.4, -0.2) is 46.4 Å². The molecule has 30 heavy (non-hydrogen) atoms. The number of likely N-dealkylation sites (tertiary alicyclic amines) is 1. The van der Waals surface area contributed by atoms with Crippen LogP contribution in [0.1, 0.15) is 52.0 Å². The lowest BCUT2D eigenvalue weighted by Crippen LogP contribution is -2.56. The minimum Gasteiger partial charge on any atom is -0.489 e. The molecule has 1 saturated heterocycles. The van der Waals surface area contributed by atoms with Gasteiger partial charge in [0.1, 0.15) is 23.5 Å². The number of aliphatic carboxylic acids is 1. The van der Waals surface area contributed by atoms with Crippen LogP contribution >= 0.6 is 11.6 Å². The highest BCUT2D eigenvalue weighted by Gasteiger charge is 2.45. The Morgan fingerprint density at radius 3 is 2.60 bits per heavy atom. The van der Waals surface area contributed by atoms with Gasteiger partial charge in [0.25, 0.3) is 0 Å². The second kappa shape index (κ2) is 8.73. The van der Waals surface area contributed by atoms with Crippen molar-refractivity contribution in [3.05, 3.63) is 28.8 Å². The molecule has 2 fully saturated rings. The number of halogens is 1. The maximum Gasteiger partial charge on any atom is 0.411 e. The maximum atomic E-state index is 12.6. The van der Waals surface area contributed by atoms with Gasteiger partial charge in [-0.1, -0.05) is 11.6 Å². The topological polar surface area (TPSA) is 99.9 Å². The van der Waals surface area contributed by atoms with Crippen molar-refractivity contribution in [2.75, 3.05) is 6.54 Å². The average Bonchev–Trinajstić information content (AvgIpc) is 2.66. The van der Waals surface area contributed by atoms with Crippen molar-refractivity contribution in [3.63, 3.8) is 0 Å². The van der Waals surface area contributed by atoms with Crippen LogP contribution in [0, 0.1) is 23.2 Å². The summed E-state index contributed by atoms with van der Waals surface area (Å²) in [6, 6.07) is 6.13. The minimum absolute atomic E-state index is 0.109. The summed E-state index contributed by atoms with van der Waals surface area (Å²) in [4.78, 5) is 25.8. The van der Waals surface area contributed by atoms with Crippen LogP contribution in [0.2, 0.25) is 5.02 Å². The largest absolute Gasteiger partial charge is 0.489 e. The first-order valence-corrected chi connectivity index (χ1v) is 10.5. The summed E-state index contributed by atoms with van der Waals surface area (Å²) < 4.78 is 11.5. The van der Waals surface area contributed by atoms with E-state index in [0.717, 1.165) is 12.8 Å². The number of ether oxygens (including phenoxy) is 2. The molecule has 1 saturated carbocycles. The lowest BCUT2D eigenvalue weighted by atomic mass is 9.72. The molecule has 4 atom stereocenters. The number of carboxylic acids is 1. The van der Waals surface area contributed by atoms with Gasteiger partial charge in [-0.05, 0) is 76.5 Å². The molecule has 162 valence electrons. The van der Waals surface area contributed by atoms with Crippen LogP contribution in [0.25, 0.3) is 0 Å². The SMILES string of the molecule is CC(C)(C)OC(=O)N1CC2CCC(Oc3ccc(Cl)cc3C#N)CC2CC1C(=O)O. The monoisotopic (exact) mass is 434 g/mol. The Kier molecular flexibility index (Phi) is 6.47. The smallest absolute Gasteiger partial charge is 0.411 e. The third-order valence-electron chi connectivity index (χ3n) is 5.69. The van der Waals surface area contributed by atoms with Crippen LogP contribution in [0.4, 0.5) is 4.79 Å². The molecule has 8 heteroatoms. The number of amides is 1. The zero-order valence-electron chi connectivity index (χ0n) is 17.4. The molecule has 1 heterocycles. The third-order valence-corrected chi connectivity index (χ3v) is 5.93. The number of carbonyl (C=O) groups is 2. The standard InChI is InChI=1S/C22H27ClN2O5/c1-22(2,3)30-21(28)25-12-13-4-6-17(9-14(13)10-18(25)20(26)27)29-19-7-5-16(23)8-15(19)11-24/h5,7-8,13-14,17-18H,4,6,9-10,12H2,1-3H3,(H,26,27). The highest BCUT2D eigenvalue weighted by molar-refractivity contribution is 6.30. The molecule has 1 N–H and O–H groups in total. The highest BCUT2D eigenvalue weighted by Crippen LogP contribution is 2.41. The summed E-state index contributed by atoms with van der Waals surface area (Å²) in [5, 5.41) is 19.5. The van der Waals surface area contributed by atoms with Crippen molar-refractivity contribution in [2.45, 2.75) is 64.2 Å². The summed E-state index contributed by atoms with van der Waals surface area (Å²) in [5.41, 5.74) is -0.299. The Morgan fingerprint density at radius 1 is 1.23 bits per heavy atom. The minimum atomic E-state index is -1.02. The highest BCUT2D eigenvalue weighted by atomic mass is 35.5. The van der Waals surface area contributed by atoms with Gasteiger partial charge in [0, 0.05) is 11.6 Å². The lowest BCUT2D eigenvalue weighted by Gasteiger charge is -2.46. The van der Waals surface area contributed by atoms with Crippen molar-refractivity contribution in [1.29, 1.82) is 5.26 Å². The van der Waals surface area contributed by atoms with Crippen LogP contribution in [0.15, 0.2) is 18.2 Å². The molecule has 2 aliphatic rings. The summed E-state index contributed by atoms with van der Waals surface area (Å²) in [6.45, 7) is 5.67. The Hall–Kier alpha value is -2.46. The molecule has 0 bridgehead atoms. The van der Waals surface area contributed by atoms with E-state index in [9.17, 15) is 20.0 Å². The molecule has 0 radical (unpaired) electrons. The van der Waals surface area contributed by atoms with E-state index in [1.807, 2.05) is 0 Å². The van der Waals surface area contributed by atoms with Gasteiger partial charge >= 0.3 is 12.1 Å². The van der Waals surface area contributed by atoms with Crippen molar-refractivity contribution in [3.8, 4) is 11.8 Å². The third kappa shape index (κ3) is 5.17. The number of nitrogens with zero attached hydrogens (tertiary/aromatic N) is 2. The number of piperidine rings is 1. The second-order valence-corrected chi connectivity index (χ2v) is 9.48. The first-order chi connectivity index (χ1) is 14.1. The van der Waals surface area contributed by atoms with E-state index in [0.29, 0.717) is 35.7 Å². The maximum absolute atomic E-state index is 12.6. The van der Waals surface area contributed by atoms with E-state index < -0.39 is 23.7 Å². The van der Waals surface area contributed by atoms with Gasteiger partial charge < -0.3 is 14.6 Å². The number of hydrogen-bond donors (Lipinski definition) is 1. The van der Waals surface area contributed by atoms with Gasteiger partial charge in [-0.15, -0.1) is 0 Å². The average molecular weight is 435 g/mol. The number of fused-ring (bicyclic) bond motifs is 1. The van der Waals surface area contributed by atoms with Crippen molar-refractivity contribution >= 4 is 23.7 Å². The molecule has 0 spiro atoms. The van der Waals surface area contributed by atoms with Crippen LogP contribution in [0.3, 0.4) is 0 Å². The summed E-state index contributed by atoms with van der Waals surface area (Å²) in [6.07, 6.45) is 1.95. The van der Waals surface area contributed by atoms with Gasteiger partial charge in [-0.3, -0.25) is 4.90 Å². The van der Waals surface area contributed by atoms with Gasteiger partial charge in [0.15, 0.2) is 0 Å². The quantitative estimate of drug-likeness (QED) is 0.753. The van der Waals surface area contributed by atoms with Crippen LogP contribution in [-0.2, 0) is 9.53 Å². The molecule has 3 rings (SSSR count). The number of carbonyl (C=O) groups excluding carboxylic acids is 1. The Labute approximate surface area is 181 Å². The van der Waals surface area contributed by atoms with Gasteiger partial charge in [-0.25, -0.2) is 9.59 Å². The molecular formula is C22H27ClN2O5. The van der Waals surface area contributed by atoms with Crippen molar-refractivity contribution < 1.29 is 24.2 Å². The number of nitriles is 1. The summed E-state index contributed by atoms with van der Waals surface area (Å²) in [7, 11) is 0. The fourth-order valence-electron chi connectivity index (χ4n) is 4.34. The van der Waals surface area contributed by atoms with E-state index in [1.54, 1.807) is 39.0 Å². The number of carboxylic acid groups (broad SMARTS) is 1. The molecule has 7 nitrogen and oxygen atoms in total. The van der Waals surface area contributed by atoms with Crippen molar-refractivity contribution in [1.82, 2.24) is 4.90 Å². The predicted molar refractivity (Wildman–Crippen MR) is 110 cm³/mol. The number of rotatable bonds is 3. The first kappa shape index (κ1) is 22.2. The van der Waals surface area contributed by atoms with Crippen LogP contribution < -0.4 is 4.74 Å². The van der Waals surface area contributed by atoms with Gasteiger partial charge in [0.05, 0.1) is 11.7 Å². The van der Waals surface area contributed by atoms with E-state index in [4.69, 9.17) is 21.1 Å². The van der Waals surface area contributed by atoms with E-state index in [-0.39, 0.29) is 17.9 Å². The fraction of sp³-hybridized carbons (Fsp3) is 0.591. The van der Waals surface area contributed by atoms with Gasteiger partial charge in [-0.2, -0.15) is 5.26 Å². The number of hydrogen-bond acceptors (Lipinski definition) is 5. The van der Waals surface area contributed by atoms with E-state index in [2.05, 4.69) is 6.07 Å². The van der Waals surface area contributed by atoms with Crippen LogP contribution in [0.5, 0.6) is 5.75 Å².